The average Bonchev–Trinajstić information content (AvgIpc) is 2.52. The number of thioether (sulfide) groups is 1. The third-order valence-corrected chi connectivity index (χ3v) is 4.93. The van der Waals surface area contributed by atoms with Crippen LogP contribution in [0.1, 0.15) is 15.9 Å². The average molecular weight is 352 g/mol. The molecule has 0 atom stereocenters. The molecule has 0 bridgehead atoms. The van der Waals surface area contributed by atoms with Gasteiger partial charge in [0.05, 0.1) is 23.5 Å². The summed E-state index contributed by atoms with van der Waals surface area (Å²) < 4.78 is 14.0. The molecule has 0 saturated carbocycles. The summed E-state index contributed by atoms with van der Waals surface area (Å²) in [5.41, 5.74) is 0.746. The standard InChI is InChI=1S/C16H11ClFNO3S/c17-11-2-1-3-12(18)10(11)7-19-13-6-9(16(21)22)4-5-14(13)23-8-15(19)20/h1-6H,7-8H2,(H,21,22). The predicted molar refractivity (Wildman–Crippen MR) is 86.7 cm³/mol. The van der Waals surface area contributed by atoms with E-state index in [-0.39, 0.29) is 34.4 Å². The normalized spacial score (nSPS) is 13.8. The number of fused-ring (bicyclic) bond motifs is 1. The summed E-state index contributed by atoms with van der Waals surface area (Å²) in [5, 5.41) is 9.35. The summed E-state index contributed by atoms with van der Waals surface area (Å²) >= 11 is 7.36. The fraction of sp³-hybridized carbons (Fsp3) is 0.125. The lowest BCUT2D eigenvalue weighted by molar-refractivity contribution is -0.116. The largest absolute Gasteiger partial charge is 0.478 e. The molecule has 0 aromatic heterocycles. The van der Waals surface area contributed by atoms with E-state index in [2.05, 4.69) is 0 Å². The highest BCUT2D eigenvalue weighted by atomic mass is 35.5. The first-order valence-electron chi connectivity index (χ1n) is 6.71. The highest BCUT2D eigenvalue weighted by molar-refractivity contribution is 8.00. The van der Waals surface area contributed by atoms with E-state index in [1.807, 2.05) is 0 Å². The van der Waals surface area contributed by atoms with Gasteiger partial charge in [-0.1, -0.05) is 17.7 Å². The van der Waals surface area contributed by atoms with Gasteiger partial charge in [-0.3, -0.25) is 4.79 Å². The van der Waals surface area contributed by atoms with E-state index in [1.165, 1.54) is 40.9 Å². The van der Waals surface area contributed by atoms with Crippen molar-refractivity contribution in [1.82, 2.24) is 0 Å². The lowest BCUT2D eigenvalue weighted by Crippen LogP contribution is -2.35. The van der Waals surface area contributed by atoms with Crippen LogP contribution in [0.15, 0.2) is 41.3 Å². The number of anilines is 1. The minimum absolute atomic E-state index is 0.0407. The number of hydrogen-bond donors (Lipinski definition) is 1. The van der Waals surface area contributed by atoms with Crippen molar-refractivity contribution in [3.63, 3.8) is 0 Å². The Morgan fingerprint density at radius 3 is 2.83 bits per heavy atom. The Bertz CT molecular complexity index is 792. The number of amides is 1. The van der Waals surface area contributed by atoms with Gasteiger partial charge in [0.1, 0.15) is 5.82 Å². The van der Waals surface area contributed by atoms with Crippen molar-refractivity contribution in [2.45, 2.75) is 11.4 Å². The van der Waals surface area contributed by atoms with E-state index in [0.29, 0.717) is 5.69 Å². The number of carboxylic acids is 1. The monoisotopic (exact) mass is 351 g/mol. The molecule has 1 heterocycles. The first-order valence-corrected chi connectivity index (χ1v) is 8.07. The lowest BCUT2D eigenvalue weighted by atomic mass is 10.1. The first kappa shape index (κ1) is 15.8. The molecule has 0 fully saturated rings. The lowest BCUT2D eigenvalue weighted by Gasteiger charge is -2.29. The van der Waals surface area contributed by atoms with Crippen LogP contribution < -0.4 is 4.90 Å². The summed E-state index contributed by atoms with van der Waals surface area (Å²) in [6.07, 6.45) is 0. The Morgan fingerprint density at radius 1 is 1.35 bits per heavy atom. The molecule has 0 saturated heterocycles. The highest BCUT2D eigenvalue weighted by Crippen LogP contribution is 2.37. The second-order valence-corrected chi connectivity index (χ2v) is 6.38. The molecule has 2 aromatic rings. The van der Waals surface area contributed by atoms with Crippen LogP contribution in [0.2, 0.25) is 5.02 Å². The van der Waals surface area contributed by atoms with E-state index in [0.717, 1.165) is 4.90 Å². The van der Waals surface area contributed by atoms with Crippen molar-refractivity contribution < 1.29 is 19.1 Å². The molecule has 0 aliphatic carbocycles. The van der Waals surface area contributed by atoms with Crippen molar-refractivity contribution in [3.05, 3.63) is 58.4 Å². The maximum Gasteiger partial charge on any atom is 0.335 e. The van der Waals surface area contributed by atoms with Crippen LogP contribution in [0.5, 0.6) is 0 Å². The molecule has 1 aliphatic rings. The van der Waals surface area contributed by atoms with Crippen LogP contribution in [0, 0.1) is 5.82 Å². The number of hydrogen-bond acceptors (Lipinski definition) is 3. The van der Waals surface area contributed by atoms with Crippen molar-refractivity contribution in [1.29, 1.82) is 0 Å². The van der Waals surface area contributed by atoms with Gasteiger partial charge in [0.15, 0.2) is 0 Å². The second kappa shape index (κ2) is 6.22. The molecule has 118 valence electrons. The molecule has 0 radical (unpaired) electrons. The van der Waals surface area contributed by atoms with Gasteiger partial charge in [-0.05, 0) is 30.3 Å². The Morgan fingerprint density at radius 2 is 2.13 bits per heavy atom. The molecule has 0 unspecified atom stereocenters. The minimum Gasteiger partial charge on any atom is -0.478 e. The molecular weight excluding hydrogens is 341 g/mol. The van der Waals surface area contributed by atoms with Crippen LogP contribution in [0.3, 0.4) is 0 Å². The number of benzene rings is 2. The van der Waals surface area contributed by atoms with E-state index >= 15 is 0 Å². The van der Waals surface area contributed by atoms with Crippen LogP contribution in [0.25, 0.3) is 0 Å². The quantitative estimate of drug-likeness (QED) is 0.913. The van der Waals surface area contributed by atoms with E-state index in [1.54, 1.807) is 12.1 Å². The number of carbonyl (C=O) groups is 2. The number of carbonyl (C=O) groups excluding carboxylic acids is 1. The third kappa shape index (κ3) is 3.04. The highest BCUT2D eigenvalue weighted by Gasteiger charge is 2.27. The smallest absolute Gasteiger partial charge is 0.335 e. The molecule has 1 amide bonds. The van der Waals surface area contributed by atoms with Crippen molar-refractivity contribution in [3.8, 4) is 0 Å². The van der Waals surface area contributed by atoms with Crippen LogP contribution in [0.4, 0.5) is 10.1 Å². The maximum atomic E-state index is 14.0. The summed E-state index contributed by atoms with van der Waals surface area (Å²) in [5.74, 6) is -1.59. The Hall–Kier alpha value is -2.05. The van der Waals surface area contributed by atoms with E-state index < -0.39 is 11.8 Å². The maximum absolute atomic E-state index is 14.0. The molecular formula is C16H11ClFNO3S. The summed E-state index contributed by atoms with van der Waals surface area (Å²) in [6.45, 7) is -0.0407. The predicted octanol–water partition coefficient (Wildman–Crippen LogP) is 3.82. The second-order valence-electron chi connectivity index (χ2n) is 4.96. The van der Waals surface area contributed by atoms with E-state index in [9.17, 15) is 14.0 Å². The molecule has 3 rings (SSSR count). The fourth-order valence-electron chi connectivity index (χ4n) is 2.35. The summed E-state index contributed by atoms with van der Waals surface area (Å²) in [7, 11) is 0. The molecule has 4 nitrogen and oxygen atoms in total. The van der Waals surface area contributed by atoms with Crippen LogP contribution in [-0.4, -0.2) is 22.7 Å². The number of nitrogens with zero attached hydrogens (tertiary/aromatic N) is 1. The van der Waals surface area contributed by atoms with Gasteiger partial charge in [0.25, 0.3) is 0 Å². The van der Waals surface area contributed by atoms with Gasteiger partial charge in [0.2, 0.25) is 5.91 Å². The van der Waals surface area contributed by atoms with E-state index in [4.69, 9.17) is 16.7 Å². The Balaban J connectivity index is 2.04. The minimum atomic E-state index is -1.08. The molecule has 2 aromatic carbocycles. The molecule has 23 heavy (non-hydrogen) atoms. The van der Waals surface area contributed by atoms with Gasteiger partial charge in [-0.25, -0.2) is 9.18 Å². The third-order valence-electron chi connectivity index (χ3n) is 3.53. The molecule has 7 heteroatoms. The van der Waals surface area contributed by atoms with Gasteiger partial charge < -0.3 is 10.0 Å². The van der Waals surface area contributed by atoms with Crippen molar-refractivity contribution in [2.24, 2.45) is 0 Å². The SMILES string of the molecule is O=C(O)c1ccc2c(c1)N(Cc1c(F)cccc1Cl)C(=O)CS2. The zero-order valence-corrected chi connectivity index (χ0v) is 13.3. The molecule has 0 spiro atoms. The first-order chi connectivity index (χ1) is 11.0. The number of rotatable bonds is 3. The van der Waals surface area contributed by atoms with Gasteiger partial charge >= 0.3 is 5.97 Å². The summed E-state index contributed by atoms with van der Waals surface area (Å²) in [6, 6.07) is 8.89. The number of carboxylic acid groups (broad SMARTS) is 1. The summed E-state index contributed by atoms with van der Waals surface area (Å²) in [4.78, 5) is 25.6. The van der Waals surface area contributed by atoms with Crippen LogP contribution in [-0.2, 0) is 11.3 Å². The van der Waals surface area contributed by atoms with Crippen molar-refractivity contribution >= 4 is 40.9 Å². The number of halogens is 2. The van der Waals surface area contributed by atoms with Gasteiger partial charge in [-0.2, -0.15) is 0 Å². The van der Waals surface area contributed by atoms with Gasteiger partial charge in [-0.15, -0.1) is 11.8 Å². The zero-order valence-electron chi connectivity index (χ0n) is 11.8. The Kier molecular flexibility index (Phi) is 4.28. The van der Waals surface area contributed by atoms with Gasteiger partial charge in [0, 0.05) is 15.5 Å². The molecule has 1 N–H and O–H groups in total. The Labute approximate surface area is 140 Å². The zero-order chi connectivity index (χ0) is 16.6. The number of aromatic carboxylic acids is 1. The van der Waals surface area contributed by atoms with Crippen molar-refractivity contribution in [2.75, 3.05) is 10.7 Å². The fourth-order valence-corrected chi connectivity index (χ4v) is 3.49. The van der Waals surface area contributed by atoms with Crippen LogP contribution >= 0.6 is 23.4 Å². The topological polar surface area (TPSA) is 57.6 Å². The molecule has 1 aliphatic heterocycles.